The molecule has 2 aliphatic rings. The van der Waals surface area contributed by atoms with Crippen LogP contribution < -0.4 is 5.32 Å². The molecule has 2 fully saturated rings. The highest BCUT2D eigenvalue weighted by atomic mass is 16.2. The van der Waals surface area contributed by atoms with Crippen molar-refractivity contribution in [3.63, 3.8) is 0 Å². The van der Waals surface area contributed by atoms with Gasteiger partial charge < -0.3 is 10.2 Å². The summed E-state index contributed by atoms with van der Waals surface area (Å²) in [5.41, 5.74) is 0.122. The summed E-state index contributed by atoms with van der Waals surface area (Å²) in [5, 5.41) is 2.76. The van der Waals surface area contributed by atoms with Crippen LogP contribution in [0.25, 0.3) is 0 Å². The largest absolute Gasteiger partial charge is 0.334 e. The van der Waals surface area contributed by atoms with Crippen molar-refractivity contribution in [1.29, 1.82) is 0 Å². The number of urea groups is 1. The summed E-state index contributed by atoms with van der Waals surface area (Å²) in [6.07, 6.45) is 6.35. The Morgan fingerprint density at radius 1 is 1.28 bits per heavy atom. The van der Waals surface area contributed by atoms with Gasteiger partial charge in [0.05, 0.1) is 0 Å². The molecule has 1 aromatic rings. The lowest BCUT2D eigenvalue weighted by molar-refractivity contribution is -0.139. The van der Waals surface area contributed by atoms with E-state index in [-0.39, 0.29) is 24.4 Å². The van der Waals surface area contributed by atoms with Crippen molar-refractivity contribution in [2.24, 2.45) is 0 Å². The van der Waals surface area contributed by atoms with E-state index in [1.165, 1.54) is 0 Å². The summed E-state index contributed by atoms with van der Waals surface area (Å²) in [7, 11) is 0. The van der Waals surface area contributed by atoms with E-state index in [1.807, 2.05) is 26.0 Å². The van der Waals surface area contributed by atoms with Gasteiger partial charge in [0.25, 0.3) is 5.91 Å². The van der Waals surface area contributed by atoms with Gasteiger partial charge in [-0.1, -0.05) is 13.8 Å². The fourth-order valence-corrected chi connectivity index (χ4v) is 3.27. The Balaban J connectivity index is 1.71. The maximum atomic E-state index is 12.8. The van der Waals surface area contributed by atoms with Crippen molar-refractivity contribution in [3.05, 3.63) is 30.1 Å². The Morgan fingerprint density at radius 3 is 2.44 bits per heavy atom. The predicted molar refractivity (Wildman–Crippen MR) is 91.4 cm³/mol. The van der Waals surface area contributed by atoms with Crippen molar-refractivity contribution in [3.8, 4) is 0 Å². The topological polar surface area (TPSA) is 82.6 Å². The van der Waals surface area contributed by atoms with Crippen LogP contribution in [0.3, 0.4) is 0 Å². The molecule has 4 amide bonds. The molecule has 0 atom stereocenters. The number of amides is 4. The number of aromatic nitrogens is 1. The first kappa shape index (κ1) is 17.4. The number of nitrogens with one attached hydrogen (secondary N) is 1. The Kier molecular flexibility index (Phi) is 4.74. The van der Waals surface area contributed by atoms with Crippen molar-refractivity contribution in [2.75, 3.05) is 6.54 Å². The normalized spacial score (nSPS) is 19.0. The van der Waals surface area contributed by atoms with Crippen molar-refractivity contribution >= 4 is 17.8 Å². The number of carbonyl (C=O) groups excluding carboxylic acids is 3. The lowest BCUT2D eigenvalue weighted by atomic mass is 9.93. The van der Waals surface area contributed by atoms with Gasteiger partial charge in [-0.2, -0.15) is 0 Å². The predicted octanol–water partition coefficient (Wildman–Crippen LogP) is 1.68. The van der Waals surface area contributed by atoms with Gasteiger partial charge in [0.1, 0.15) is 12.1 Å². The van der Waals surface area contributed by atoms with E-state index >= 15 is 0 Å². The van der Waals surface area contributed by atoms with Gasteiger partial charge in [-0.05, 0) is 43.4 Å². The molecule has 134 valence electrons. The molecule has 0 unspecified atom stereocenters. The van der Waals surface area contributed by atoms with Crippen LogP contribution in [-0.2, 0) is 16.1 Å². The Labute approximate surface area is 147 Å². The minimum atomic E-state index is -0.868. The van der Waals surface area contributed by atoms with Gasteiger partial charge in [0, 0.05) is 25.0 Å². The molecule has 1 aliphatic heterocycles. The summed E-state index contributed by atoms with van der Waals surface area (Å²) in [6.45, 7) is 4.01. The second kappa shape index (κ2) is 6.82. The molecule has 7 nitrogen and oxygen atoms in total. The number of hydrogen-bond acceptors (Lipinski definition) is 4. The molecular formula is C18H24N4O3. The monoisotopic (exact) mass is 344 g/mol. The maximum Gasteiger partial charge on any atom is 0.325 e. The quantitative estimate of drug-likeness (QED) is 0.763. The molecule has 1 N–H and O–H groups in total. The first-order valence-corrected chi connectivity index (χ1v) is 8.83. The highest BCUT2D eigenvalue weighted by Crippen LogP contribution is 2.30. The lowest BCUT2D eigenvalue weighted by Crippen LogP contribution is -2.47. The fraction of sp³-hybridized carbons (Fsp3) is 0.556. The Morgan fingerprint density at radius 2 is 1.92 bits per heavy atom. The summed E-state index contributed by atoms with van der Waals surface area (Å²) in [6, 6.07) is 3.47. The highest BCUT2D eigenvalue weighted by Gasteiger charge is 2.49. The number of pyridine rings is 1. The zero-order valence-corrected chi connectivity index (χ0v) is 14.7. The van der Waals surface area contributed by atoms with Crippen LogP contribution in [0, 0.1) is 0 Å². The molecule has 1 saturated heterocycles. The van der Waals surface area contributed by atoms with Gasteiger partial charge in [0.2, 0.25) is 5.91 Å². The molecule has 0 bridgehead atoms. The third kappa shape index (κ3) is 3.36. The first-order chi connectivity index (χ1) is 12.0. The van der Waals surface area contributed by atoms with E-state index in [1.54, 1.807) is 17.3 Å². The van der Waals surface area contributed by atoms with Gasteiger partial charge in [-0.3, -0.25) is 19.5 Å². The van der Waals surface area contributed by atoms with Gasteiger partial charge in [-0.25, -0.2) is 4.79 Å². The summed E-state index contributed by atoms with van der Waals surface area (Å²) in [5.74, 6) is -0.485. The molecule has 0 radical (unpaired) electrons. The van der Waals surface area contributed by atoms with E-state index in [2.05, 4.69) is 10.3 Å². The third-order valence-electron chi connectivity index (χ3n) is 5.16. The van der Waals surface area contributed by atoms with Gasteiger partial charge in [-0.15, -0.1) is 0 Å². The second-order valence-electron chi connectivity index (χ2n) is 6.72. The first-order valence-electron chi connectivity index (χ1n) is 8.83. The standard InChI is InChI=1S/C18H24N4O3/c1-3-18(4-2)16(24)22(17(25)20-18)12-15(23)21(14-5-6-14)11-13-7-9-19-10-8-13/h7-10,14H,3-6,11-12H2,1-2H3,(H,20,25). The van der Waals surface area contributed by atoms with Crippen LogP contribution in [0.5, 0.6) is 0 Å². The van der Waals surface area contributed by atoms with Crippen molar-refractivity contribution in [2.45, 2.75) is 57.7 Å². The van der Waals surface area contributed by atoms with E-state index in [4.69, 9.17) is 0 Å². The number of hydrogen-bond donors (Lipinski definition) is 1. The third-order valence-corrected chi connectivity index (χ3v) is 5.16. The minimum absolute atomic E-state index is 0.189. The number of nitrogens with zero attached hydrogens (tertiary/aromatic N) is 3. The molecule has 1 aliphatic carbocycles. The summed E-state index contributed by atoms with van der Waals surface area (Å²) >= 11 is 0. The number of rotatable bonds is 7. The Bertz CT molecular complexity index is 668. The Hall–Kier alpha value is -2.44. The molecule has 2 heterocycles. The van der Waals surface area contributed by atoms with Crippen LogP contribution in [0.4, 0.5) is 4.79 Å². The van der Waals surface area contributed by atoms with Crippen molar-refractivity contribution < 1.29 is 14.4 Å². The number of carbonyl (C=O) groups is 3. The molecular weight excluding hydrogens is 320 g/mol. The minimum Gasteiger partial charge on any atom is -0.334 e. The zero-order chi connectivity index (χ0) is 18.0. The lowest BCUT2D eigenvalue weighted by Gasteiger charge is -2.26. The number of imide groups is 1. The SMILES string of the molecule is CCC1(CC)NC(=O)N(CC(=O)N(Cc2ccncc2)C2CC2)C1=O. The molecule has 0 aromatic carbocycles. The van der Waals surface area contributed by atoms with Gasteiger partial charge >= 0.3 is 6.03 Å². The van der Waals surface area contributed by atoms with Gasteiger partial charge in [0.15, 0.2) is 0 Å². The van der Waals surface area contributed by atoms with E-state index < -0.39 is 11.6 Å². The smallest absolute Gasteiger partial charge is 0.325 e. The second-order valence-corrected chi connectivity index (χ2v) is 6.72. The molecule has 3 rings (SSSR count). The molecule has 7 heteroatoms. The highest BCUT2D eigenvalue weighted by molar-refractivity contribution is 6.09. The van der Waals surface area contributed by atoms with Crippen LogP contribution in [-0.4, -0.2) is 50.8 Å². The molecule has 0 spiro atoms. The van der Waals surface area contributed by atoms with Crippen LogP contribution >= 0.6 is 0 Å². The van der Waals surface area contributed by atoms with E-state index in [0.717, 1.165) is 23.3 Å². The summed E-state index contributed by atoms with van der Waals surface area (Å²) in [4.78, 5) is 44.5. The van der Waals surface area contributed by atoms with Crippen molar-refractivity contribution in [1.82, 2.24) is 20.1 Å². The maximum absolute atomic E-state index is 12.8. The molecule has 25 heavy (non-hydrogen) atoms. The summed E-state index contributed by atoms with van der Waals surface area (Å²) < 4.78 is 0. The molecule has 1 saturated carbocycles. The average molecular weight is 344 g/mol. The van der Waals surface area contributed by atoms with Crippen LogP contribution in [0.2, 0.25) is 0 Å². The fourth-order valence-electron chi connectivity index (χ4n) is 3.27. The molecule has 1 aromatic heterocycles. The van der Waals surface area contributed by atoms with Crippen LogP contribution in [0.15, 0.2) is 24.5 Å². The average Bonchev–Trinajstić information content (AvgIpc) is 3.43. The van der Waals surface area contributed by atoms with E-state index in [9.17, 15) is 14.4 Å². The van der Waals surface area contributed by atoms with Crippen LogP contribution in [0.1, 0.15) is 45.1 Å². The van der Waals surface area contributed by atoms with E-state index in [0.29, 0.717) is 19.4 Å². The zero-order valence-electron chi connectivity index (χ0n) is 14.7.